The molecule has 70 valence electrons. The van der Waals surface area contributed by atoms with Crippen LogP contribution in [0.2, 0.25) is 0 Å². The van der Waals surface area contributed by atoms with E-state index in [1.165, 1.54) is 32.1 Å². The number of nitrogens with zero attached hydrogens (tertiary/aromatic N) is 1. The molecule has 0 aromatic carbocycles. The second kappa shape index (κ2) is 3.41. The summed E-state index contributed by atoms with van der Waals surface area (Å²) in [5.41, 5.74) is 0. The highest BCUT2D eigenvalue weighted by Gasteiger charge is 2.38. The summed E-state index contributed by atoms with van der Waals surface area (Å²) < 4.78 is 0. The molecule has 0 N–H and O–H groups in total. The maximum Gasteiger partial charge on any atom is 0.298 e. The molecule has 2 bridgehead atoms. The molecular formula is C11H15NO. The lowest BCUT2D eigenvalue weighted by atomic mass is 10.0. The average Bonchev–Trinajstić information content (AvgIpc) is 2.37. The van der Waals surface area contributed by atoms with Crippen LogP contribution >= 0.6 is 0 Å². The standard InChI is InChI=1S/C11H15NO/c1-2-4-11(13)12-9-5-3-6-10(12)8-7-9/h9-10H,3,5-8H2,1H3. The topological polar surface area (TPSA) is 20.3 Å². The zero-order valence-electron chi connectivity index (χ0n) is 8.05. The summed E-state index contributed by atoms with van der Waals surface area (Å²) in [4.78, 5) is 13.6. The molecule has 2 heteroatoms. The maximum absolute atomic E-state index is 11.6. The Balaban J connectivity index is 2.13. The zero-order chi connectivity index (χ0) is 9.26. The van der Waals surface area contributed by atoms with Gasteiger partial charge in [-0.2, -0.15) is 0 Å². The van der Waals surface area contributed by atoms with Crippen LogP contribution in [-0.4, -0.2) is 22.9 Å². The SMILES string of the molecule is CC#CC(=O)N1C2CCCC1CC2. The molecule has 0 aromatic rings. The van der Waals surface area contributed by atoms with E-state index in [-0.39, 0.29) is 5.91 Å². The second-order valence-electron chi connectivity index (χ2n) is 3.90. The molecule has 2 aliphatic rings. The minimum absolute atomic E-state index is 0.0506. The molecular weight excluding hydrogens is 162 g/mol. The lowest BCUT2D eigenvalue weighted by molar-refractivity contribution is -0.129. The Hall–Kier alpha value is -0.970. The number of carbonyl (C=O) groups excluding carboxylic acids is 1. The summed E-state index contributed by atoms with van der Waals surface area (Å²) in [6, 6.07) is 1.01. The van der Waals surface area contributed by atoms with E-state index in [4.69, 9.17) is 0 Å². The van der Waals surface area contributed by atoms with Gasteiger partial charge in [-0.15, -0.1) is 0 Å². The monoisotopic (exact) mass is 177 g/mol. The molecule has 0 aliphatic carbocycles. The van der Waals surface area contributed by atoms with Crippen molar-refractivity contribution in [3.8, 4) is 11.8 Å². The summed E-state index contributed by atoms with van der Waals surface area (Å²) in [6.07, 6.45) is 6.06. The Kier molecular flexibility index (Phi) is 2.26. The molecule has 2 aliphatic heterocycles. The van der Waals surface area contributed by atoms with Gasteiger partial charge < -0.3 is 4.90 Å². The van der Waals surface area contributed by atoms with Crippen molar-refractivity contribution in [3.63, 3.8) is 0 Å². The Labute approximate surface area is 79.3 Å². The zero-order valence-corrected chi connectivity index (χ0v) is 8.05. The maximum atomic E-state index is 11.6. The quantitative estimate of drug-likeness (QED) is 0.514. The minimum atomic E-state index is 0.0506. The highest BCUT2D eigenvalue weighted by Crippen LogP contribution is 2.35. The van der Waals surface area contributed by atoms with Gasteiger partial charge in [-0.25, -0.2) is 0 Å². The van der Waals surface area contributed by atoms with Crippen molar-refractivity contribution in [2.24, 2.45) is 0 Å². The number of rotatable bonds is 0. The van der Waals surface area contributed by atoms with E-state index >= 15 is 0 Å². The van der Waals surface area contributed by atoms with Crippen molar-refractivity contribution in [3.05, 3.63) is 0 Å². The molecule has 2 fully saturated rings. The van der Waals surface area contributed by atoms with Gasteiger partial charge in [0.15, 0.2) is 0 Å². The van der Waals surface area contributed by atoms with Crippen molar-refractivity contribution in [2.75, 3.05) is 0 Å². The van der Waals surface area contributed by atoms with Crippen LogP contribution in [0, 0.1) is 11.8 Å². The fraction of sp³-hybridized carbons (Fsp3) is 0.727. The van der Waals surface area contributed by atoms with Gasteiger partial charge in [-0.05, 0) is 44.9 Å². The van der Waals surface area contributed by atoms with E-state index in [2.05, 4.69) is 11.8 Å². The molecule has 2 saturated heterocycles. The summed E-state index contributed by atoms with van der Waals surface area (Å²) >= 11 is 0. The smallest absolute Gasteiger partial charge is 0.298 e. The van der Waals surface area contributed by atoms with Crippen LogP contribution in [0.5, 0.6) is 0 Å². The third-order valence-corrected chi connectivity index (χ3v) is 3.16. The lowest BCUT2D eigenvalue weighted by Gasteiger charge is -2.33. The Morgan fingerprint density at radius 1 is 1.23 bits per heavy atom. The highest BCUT2D eigenvalue weighted by molar-refractivity contribution is 5.94. The van der Waals surface area contributed by atoms with E-state index in [0.29, 0.717) is 12.1 Å². The summed E-state index contributed by atoms with van der Waals surface area (Å²) in [5.74, 6) is 5.40. The first-order chi connectivity index (χ1) is 6.33. The number of fused-ring (bicyclic) bond motifs is 2. The lowest BCUT2D eigenvalue weighted by Crippen LogP contribution is -2.43. The van der Waals surface area contributed by atoms with Gasteiger partial charge in [-0.1, -0.05) is 5.92 Å². The fourth-order valence-electron chi connectivity index (χ4n) is 2.62. The summed E-state index contributed by atoms with van der Waals surface area (Å²) in [5, 5.41) is 0. The third kappa shape index (κ3) is 1.44. The summed E-state index contributed by atoms with van der Waals surface area (Å²) in [6.45, 7) is 1.73. The molecule has 2 rings (SSSR count). The third-order valence-electron chi connectivity index (χ3n) is 3.16. The number of carbonyl (C=O) groups is 1. The first-order valence-electron chi connectivity index (χ1n) is 5.08. The molecule has 2 heterocycles. The molecule has 0 radical (unpaired) electrons. The van der Waals surface area contributed by atoms with Crippen LogP contribution in [0.25, 0.3) is 0 Å². The van der Waals surface area contributed by atoms with Crippen LogP contribution in [-0.2, 0) is 4.79 Å². The fourth-order valence-corrected chi connectivity index (χ4v) is 2.62. The van der Waals surface area contributed by atoms with Gasteiger partial charge in [0.2, 0.25) is 0 Å². The molecule has 0 saturated carbocycles. The number of hydrogen-bond donors (Lipinski definition) is 0. The Morgan fingerprint density at radius 3 is 2.38 bits per heavy atom. The Morgan fingerprint density at radius 2 is 1.85 bits per heavy atom. The van der Waals surface area contributed by atoms with Gasteiger partial charge in [-0.3, -0.25) is 4.79 Å². The first kappa shape index (κ1) is 8.62. The van der Waals surface area contributed by atoms with E-state index in [9.17, 15) is 4.79 Å². The van der Waals surface area contributed by atoms with Gasteiger partial charge in [0.1, 0.15) is 0 Å². The predicted molar refractivity (Wildman–Crippen MR) is 51.0 cm³/mol. The normalized spacial score (nSPS) is 31.0. The highest BCUT2D eigenvalue weighted by atomic mass is 16.2. The second-order valence-corrected chi connectivity index (χ2v) is 3.90. The van der Waals surface area contributed by atoms with Crippen molar-refractivity contribution < 1.29 is 4.79 Å². The molecule has 13 heavy (non-hydrogen) atoms. The van der Waals surface area contributed by atoms with Gasteiger partial charge >= 0.3 is 0 Å². The number of piperidine rings is 1. The van der Waals surface area contributed by atoms with Crippen molar-refractivity contribution in [1.82, 2.24) is 4.90 Å². The number of amides is 1. The van der Waals surface area contributed by atoms with Crippen molar-refractivity contribution in [2.45, 2.75) is 51.1 Å². The van der Waals surface area contributed by atoms with E-state index in [1.54, 1.807) is 6.92 Å². The van der Waals surface area contributed by atoms with Crippen LogP contribution in [0.3, 0.4) is 0 Å². The molecule has 1 amide bonds. The van der Waals surface area contributed by atoms with Crippen molar-refractivity contribution in [1.29, 1.82) is 0 Å². The largest absolute Gasteiger partial charge is 0.326 e. The molecule has 2 unspecified atom stereocenters. The van der Waals surface area contributed by atoms with Crippen molar-refractivity contribution >= 4 is 5.91 Å². The predicted octanol–water partition coefficient (Wildman–Crippen LogP) is 1.55. The minimum Gasteiger partial charge on any atom is -0.326 e. The molecule has 0 spiro atoms. The van der Waals surface area contributed by atoms with Crippen LogP contribution < -0.4 is 0 Å². The van der Waals surface area contributed by atoms with Crippen LogP contribution in [0.1, 0.15) is 39.0 Å². The Bertz CT molecular complexity index is 258. The molecule has 2 nitrogen and oxygen atoms in total. The van der Waals surface area contributed by atoms with Crippen LogP contribution in [0.4, 0.5) is 0 Å². The van der Waals surface area contributed by atoms with E-state index < -0.39 is 0 Å². The van der Waals surface area contributed by atoms with Crippen LogP contribution in [0.15, 0.2) is 0 Å². The van der Waals surface area contributed by atoms with Gasteiger partial charge in [0.05, 0.1) is 0 Å². The summed E-state index contributed by atoms with van der Waals surface area (Å²) in [7, 11) is 0. The van der Waals surface area contributed by atoms with E-state index in [1.807, 2.05) is 4.90 Å². The molecule has 2 atom stereocenters. The molecule has 0 aromatic heterocycles. The first-order valence-corrected chi connectivity index (χ1v) is 5.08. The number of hydrogen-bond acceptors (Lipinski definition) is 1. The van der Waals surface area contributed by atoms with E-state index in [0.717, 1.165) is 0 Å². The van der Waals surface area contributed by atoms with Gasteiger partial charge in [0.25, 0.3) is 5.91 Å². The van der Waals surface area contributed by atoms with Gasteiger partial charge in [0, 0.05) is 12.1 Å². The average molecular weight is 177 g/mol.